The fourth-order valence-corrected chi connectivity index (χ4v) is 2.86. The minimum Gasteiger partial charge on any atom is -0.376 e. The van der Waals surface area contributed by atoms with E-state index in [0.29, 0.717) is 23.4 Å². The smallest absolute Gasteiger partial charge is 0.376 e. The number of imidazole rings is 1. The number of benzene rings is 1. The number of hydrogen-bond donors (Lipinski definition) is 0. The summed E-state index contributed by atoms with van der Waals surface area (Å²) in [5, 5.41) is 0. The Morgan fingerprint density at radius 3 is 2.81 bits per heavy atom. The van der Waals surface area contributed by atoms with Gasteiger partial charge in [0.25, 0.3) is 0 Å². The Morgan fingerprint density at radius 2 is 2.19 bits per heavy atom. The summed E-state index contributed by atoms with van der Waals surface area (Å²) in [5.74, 6) is 0.726. The molecule has 3 nitrogen and oxygen atoms in total. The van der Waals surface area contributed by atoms with Gasteiger partial charge in [-0.15, -0.1) is 11.6 Å². The summed E-state index contributed by atoms with van der Waals surface area (Å²) < 4.78 is 45.7. The fraction of sp³-hybridized carbons (Fsp3) is 0.500. The lowest BCUT2D eigenvalue weighted by atomic mass is 10.2. The zero-order valence-corrected chi connectivity index (χ0v) is 11.9. The number of fused-ring (bicyclic) bond motifs is 1. The van der Waals surface area contributed by atoms with Gasteiger partial charge in [0.2, 0.25) is 0 Å². The Labute approximate surface area is 124 Å². The second kappa shape index (κ2) is 5.50. The van der Waals surface area contributed by atoms with Crippen molar-refractivity contribution in [2.75, 3.05) is 6.61 Å². The van der Waals surface area contributed by atoms with Crippen molar-refractivity contribution in [3.05, 3.63) is 29.6 Å². The van der Waals surface area contributed by atoms with Crippen molar-refractivity contribution in [3.8, 4) is 0 Å². The van der Waals surface area contributed by atoms with Gasteiger partial charge in [0, 0.05) is 6.61 Å². The van der Waals surface area contributed by atoms with Crippen molar-refractivity contribution in [2.45, 2.75) is 37.5 Å². The zero-order valence-electron chi connectivity index (χ0n) is 11.2. The van der Waals surface area contributed by atoms with E-state index in [9.17, 15) is 13.2 Å². The Hall–Kier alpha value is -1.27. The van der Waals surface area contributed by atoms with Crippen LogP contribution in [0.15, 0.2) is 18.2 Å². The normalized spacial score (nSPS) is 19.5. The Morgan fingerprint density at radius 1 is 1.38 bits per heavy atom. The minimum atomic E-state index is -4.37. The monoisotopic (exact) mass is 318 g/mol. The number of aromatic nitrogens is 2. The predicted molar refractivity (Wildman–Crippen MR) is 73.3 cm³/mol. The van der Waals surface area contributed by atoms with Crippen LogP contribution in [0.4, 0.5) is 13.2 Å². The SMILES string of the molecule is FC(F)(F)c1ccc2c(c1)nc(CCl)n2CC1CCCO1. The summed E-state index contributed by atoms with van der Waals surface area (Å²) >= 11 is 5.87. The maximum Gasteiger partial charge on any atom is 0.416 e. The lowest BCUT2D eigenvalue weighted by molar-refractivity contribution is -0.137. The van der Waals surface area contributed by atoms with Gasteiger partial charge in [-0.05, 0) is 31.0 Å². The molecule has 3 rings (SSSR count). The van der Waals surface area contributed by atoms with E-state index in [2.05, 4.69) is 4.98 Å². The van der Waals surface area contributed by atoms with Crippen LogP contribution in [0, 0.1) is 0 Å². The first-order valence-corrected chi connectivity index (χ1v) is 7.26. The largest absolute Gasteiger partial charge is 0.416 e. The molecule has 1 aliphatic rings. The molecular formula is C14H14ClF3N2O. The van der Waals surface area contributed by atoms with Gasteiger partial charge in [0.15, 0.2) is 0 Å². The van der Waals surface area contributed by atoms with Crippen LogP contribution in [0.5, 0.6) is 0 Å². The molecule has 1 saturated heterocycles. The van der Waals surface area contributed by atoms with Crippen LogP contribution < -0.4 is 0 Å². The highest BCUT2D eigenvalue weighted by Gasteiger charge is 2.31. The van der Waals surface area contributed by atoms with Gasteiger partial charge in [-0.25, -0.2) is 4.98 Å². The van der Waals surface area contributed by atoms with Crippen molar-refractivity contribution in [2.24, 2.45) is 0 Å². The van der Waals surface area contributed by atoms with Gasteiger partial charge < -0.3 is 9.30 Å². The molecule has 0 amide bonds. The molecule has 0 aliphatic carbocycles. The fourth-order valence-electron chi connectivity index (χ4n) is 2.65. The first kappa shape index (κ1) is 14.7. The molecule has 0 spiro atoms. The van der Waals surface area contributed by atoms with Crippen molar-refractivity contribution in [1.82, 2.24) is 9.55 Å². The Bertz CT molecular complexity index is 647. The molecule has 1 aromatic heterocycles. The molecule has 7 heteroatoms. The van der Waals surface area contributed by atoms with Crippen LogP contribution in [0.25, 0.3) is 11.0 Å². The third kappa shape index (κ3) is 2.87. The average molecular weight is 319 g/mol. The van der Waals surface area contributed by atoms with Gasteiger partial charge >= 0.3 is 6.18 Å². The first-order chi connectivity index (χ1) is 9.99. The van der Waals surface area contributed by atoms with Crippen LogP contribution in [0.1, 0.15) is 24.2 Å². The molecule has 0 radical (unpaired) electrons. The molecule has 2 heterocycles. The first-order valence-electron chi connectivity index (χ1n) is 6.73. The van der Waals surface area contributed by atoms with Gasteiger partial charge in [0.05, 0.1) is 35.1 Å². The van der Waals surface area contributed by atoms with Crippen molar-refractivity contribution in [3.63, 3.8) is 0 Å². The average Bonchev–Trinajstić information content (AvgIpc) is 3.05. The third-order valence-electron chi connectivity index (χ3n) is 3.68. The van der Waals surface area contributed by atoms with E-state index in [4.69, 9.17) is 16.3 Å². The summed E-state index contributed by atoms with van der Waals surface area (Å²) in [5.41, 5.74) is 0.283. The van der Waals surface area contributed by atoms with Crippen molar-refractivity contribution >= 4 is 22.6 Å². The highest BCUT2D eigenvalue weighted by Crippen LogP contribution is 2.32. The molecule has 1 fully saturated rings. The van der Waals surface area contributed by atoms with E-state index in [1.54, 1.807) is 0 Å². The molecule has 1 atom stereocenters. The van der Waals surface area contributed by atoms with Gasteiger partial charge in [0.1, 0.15) is 5.82 Å². The summed E-state index contributed by atoms with van der Waals surface area (Å²) in [7, 11) is 0. The van der Waals surface area contributed by atoms with E-state index in [0.717, 1.165) is 31.6 Å². The van der Waals surface area contributed by atoms with Crippen LogP contribution >= 0.6 is 11.6 Å². The van der Waals surface area contributed by atoms with Crippen LogP contribution in [-0.4, -0.2) is 22.3 Å². The minimum absolute atomic E-state index is 0.0756. The van der Waals surface area contributed by atoms with Crippen LogP contribution in [0.2, 0.25) is 0 Å². The highest BCUT2D eigenvalue weighted by atomic mass is 35.5. The number of nitrogens with zero attached hydrogens (tertiary/aromatic N) is 2. The van der Waals surface area contributed by atoms with Gasteiger partial charge in [-0.2, -0.15) is 13.2 Å². The predicted octanol–water partition coefficient (Wildman–Crippen LogP) is 3.97. The molecule has 0 bridgehead atoms. The van der Waals surface area contributed by atoms with Crippen LogP contribution in [0.3, 0.4) is 0 Å². The summed E-state index contributed by atoms with van der Waals surface area (Å²) in [6.45, 7) is 1.30. The molecule has 2 aromatic rings. The van der Waals surface area contributed by atoms with Gasteiger partial charge in [-0.3, -0.25) is 0 Å². The van der Waals surface area contributed by atoms with E-state index in [-0.39, 0.29) is 12.0 Å². The molecule has 0 saturated carbocycles. The van der Waals surface area contributed by atoms with Crippen molar-refractivity contribution in [1.29, 1.82) is 0 Å². The summed E-state index contributed by atoms with van der Waals surface area (Å²) in [6, 6.07) is 3.60. The van der Waals surface area contributed by atoms with E-state index >= 15 is 0 Å². The number of ether oxygens (including phenoxy) is 1. The Balaban J connectivity index is 2.01. The number of hydrogen-bond acceptors (Lipinski definition) is 2. The number of rotatable bonds is 3. The zero-order chi connectivity index (χ0) is 15.0. The molecule has 1 aliphatic heterocycles. The van der Waals surface area contributed by atoms with Crippen LogP contribution in [-0.2, 0) is 23.3 Å². The van der Waals surface area contributed by atoms with E-state index in [1.807, 2.05) is 4.57 Å². The molecule has 21 heavy (non-hydrogen) atoms. The lowest BCUT2D eigenvalue weighted by Gasteiger charge is -2.13. The third-order valence-corrected chi connectivity index (χ3v) is 3.92. The summed E-state index contributed by atoms with van der Waals surface area (Å²) in [6.07, 6.45) is -2.34. The second-order valence-corrected chi connectivity index (χ2v) is 5.38. The number of alkyl halides is 4. The standard InChI is InChI=1S/C14H14ClF3N2O/c15-7-13-19-11-6-9(14(16,17)18)3-4-12(11)20(13)8-10-2-1-5-21-10/h3-4,6,10H,1-2,5,7-8H2. The van der Waals surface area contributed by atoms with E-state index < -0.39 is 11.7 Å². The molecule has 114 valence electrons. The van der Waals surface area contributed by atoms with Crippen molar-refractivity contribution < 1.29 is 17.9 Å². The quantitative estimate of drug-likeness (QED) is 0.801. The maximum absolute atomic E-state index is 12.8. The number of halogens is 4. The van der Waals surface area contributed by atoms with E-state index in [1.165, 1.54) is 6.07 Å². The molecule has 0 N–H and O–H groups in total. The second-order valence-electron chi connectivity index (χ2n) is 5.11. The summed E-state index contributed by atoms with van der Waals surface area (Å²) in [4.78, 5) is 4.22. The van der Waals surface area contributed by atoms with Gasteiger partial charge in [-0.1, -0.05) is 0 Å². The highest BCUT2D eigenvalue weighted by molar-refractivity contribution is 6.16. The molecular weight excluding hydrogens is 305 g/mol. The molecule has 1 unspecified atom stereocenters. The Kier molecular flexibility index (Phi) is 3.84. The lowest BCUT2D eigenvalue weighted by Crippen LogP contribution is -2.16. The topological polar surface area (TPSA) is 27.1 Å². The molecule has 1 aromatic carbocycles. The maximum atomic E-state index is 12.8.